The van der Waals surface area contributed by atoms with Crippen molar-refractivity contribution in [3.63, 3.8) is 0 Å². The maximum absolute atomic E-state index is 11.5. The normalized spacial score (nSPS) is 21.9. The van der Waals surface area contributed by atoms with Crippen LogP contribution in [0.25, 0.3) is 16.8 Å². The minimum Gasteiger partial charge on any atom is -0.476 e. The van der Waals surface area contributed by atoms with Crippen molar-refractivity contribution in [1.82, 2.24) is 24.7 Å². The fourth-order valence-electron chi connectivity index (χ4n) is 3.48. The molecule has 3 aromatic heterocycles. The van der Waals surface area contributed by atoms with Gasteiger partial charge in [-0.05, 0) is 18.5 Å². The van der Waals surface area contributed by atoms with Crippen molar-refractivity contribution >= 4 is 22.8 Å². The van der Waals surface area contributed by atoms with E-state index in [2.05, 4.69) is 27.2 Å². The van der Waals surface area contributed by atoms with Crippen LogP contribution in [0.1, 0.15) is 35.4 Å². The molecule has 4 heterocycles. The van der Waals surface area contributed by atoms with Gasteiger partial charge in [0, 0.05) is 30.6 Å². The van der Waals surface area contributed by atoms with Crippen LogP contribution in [-0.4, -0.2) is 43.5 Å². The monoisotopic (exact) mass is 299 g/mol. The first kappa shape index (κ1) is 13.3. The first-order valence-corrected chi connectivity index (χ1v) is 7.49. The average Bonchev–Trinajstić information content (AvgIpc) is 3.22. The zero-order chi connectivity index (χ0) is 15.3. The van der Waals surface area contributed by atoms with Crippen LogP contribution in [0.3, 0.4) is 0 Å². The van der Waals surface area contributed by atoms with E-state index in [1.165, 1.54) is 0 Å². The second kappa shape index (κ2) is 4.81. The summed E-state index contributed by atoms with van der Waals surface area (Å²) < 4.78 is 1.95. The summed E-state index contributed by atoms with van der Waals surface area (Å²) in [4.78, 5) is 23.0. The number of rotatable bonds is 3. The number of carboxylic acid groups (broad SMARTS) is 1. The van der Waals surface area contributed by atoms with Crippen LogP contribution < -0.4 is 5.32 Å². The Kier molecular flexibility index (Phi) is 2.90. The van der Waals surface area contributed by atoms with Gasteiger partial charge in [-0.3, -0.25) is 4.40 Å². The number of imidazole rings is 1. The number of nitrogens with zero attached hydrogens (tertiary/aromatic N) is 3. The molecule has 0 radical (unpaired) electrons. The molecule has 1 aliphatic rings. The molecule has 7 heteroatoms. The summed E-state index contributed by atoms with van der Waals surface area (Å²) in [5.74, 6) is -0.187. The highest BCUT2D eigenvalue weighted by Gasteiger charge is 2.31. The summed E-state index contributed by atoms with van der Waals surface area (Å²) >= 11 is 0. The Bertz CT molecular complexity index is 865. The van der Waals surface area contributed by atoms with Gasteiger partial charge in [0.2, 0.25) is 0 Å². The van der Waals surface area contributed by atoms with Gasteiger partial charge in [0.25, 0.3) is 0 Å². The molecule has 1 aliphatic heterocycles. The number of aromatic nitrogens is 4. The van der Waals surface area contributed by atoms with Crippen molar-refractivity contribution in [2.45, 2.75) is 19.3 Å². The lowest BCUT2D eigenvalue weighted by atomic mass is 9.91. The van der Waals surface area contributed by atoms with Crippen LogP contribution in [0, 0.1) is 5.92 Å². The van der Waals surface area contributed by atoms with Gasteiger partial charge in [0.05, 0.1) is 5.52 Å². The largest absolute Gasteiger partial charge is 0.476 e. The third kappa shape index (κ3) is 1.75. The number of H-pyrrole nitrogens is 1. The standard InChI is InChI=1S/C15H17N5O2/c1-2-8-5-16-6-9(8)11-7-18-14-12(15(21)22)19-13-10(20(11)14)3-4-17-13/h3-4,7-9,16-17H,2,5-6H2,1H3,(H,21,22)/t8-,9+/m1/s1. The van der Waals surface area contributed by atoms with Crippen molar-refractivity contribution < 1.29 is 9.90 Å². The van der Waals surface area contributed by atoms with Crippen molar-refractivity contribution in [2.24, 2.45) is 5.92 Å². The molecule has 0 spiro atoms. The third-order valence-electron chi connectivity index (χ3n) is 4.62. The predicted octanol–water partition coefficient (Wildman–Crippen LogP) is 1.62. The summed E-state index contributed by atoms with van der Waals surface area (Å²) in [6.07, 6.45) is 4.66. The number of nitrogens with one attached hydrogen (secondary N) is 2. The van der Waals surface area contributed by atoms with Gasteiger partial charge >= 0.3 is 5.97 Å². The fourth-order valence-corrected chi connectivity index (χ4v) is 3.48. The maximum atomic E-state index is 11.5. The van der Waals surface area contributed by atoms with Gasteiger partial charge in [-0.1, -0.05) is 13.3 Å². The molecule has 2 atom stereocenters. The Balaban J connectivity index is 2.02. The molecule has 22 heavy (non-hydrogen) atoms. The van der Waals surface area contributed by atoms with Gasteiger partial charge in [-0.2, -0.15) is 0 Å². The highest BCUT2D eigenvalue weighted by molar-refractivity contribution is 5.95. The molecule has 0 amide bonds. The van der Waals surface area contributed by atoms with E-state index < -0.39 is 5.97 Å². The number of hydrogen-bond acceptors (Lipinski definition) is 4. The van der Waals surface area contributed by atoms with E-state index in [1.807, 2.05) is 10.5 Å². The second-order valence-corrected chi connectivity index (χ2v) is 5.75. The minimum atomic E-state index is -1.06. The van der Waals surface area contributed by atoms with Gasteiger partial charge in [0.1, 0.15) is 0 Å². The molecular weight excluding hydrogens is 282 g/mol. The lowest BCUT2D eigenvalue weighted by Crippen LogP contribution is -2.13. The zero-order valence-corrected chi connectivity index (χ0v) is 12.2. The maximum Gasteiger partial charge on any atom is 0.358 e. The molecule has 0 unspecified atom stereocenters. The fraction of sp³-hybridized carbons (Fsp3) is 0.400. The Hall–Kier alpha value is -2.41. The van der Waals surface area contributed by atoms with E-state index in [-0.39, 0.29) is 5.69 Å². The Morgan fingerprint density at radius 2 is 2.36 bits per heavy atom. The average molecular weight is 299 g/mol. The number of carboxylic acids is 1. The van der Waals surface area contributed by atoms with Crippen molar-refractivity contribution in [3.8, 4) is 0 Å². The molecule has 3 aromatic rings. The molecular formula is C15H17N5O2. The van der Waals surface area contributed by atoms with E-state index in [4.69, 9.17) is 0 Å². The number of hydrogen-bond donors (Lipinski definition) is 3. The number of carbonyl (C=O) groups is 1. The molecule has 4 rings (SSSR count). The van der Waals surface area contributed by atoms with E-state index in [0.29, 0.717) is 23.1 Å². The molecule has 3 N–H and O–H groups in total. The smallest absolute Gasteiger partial charge is 0.358 e. The lowest BCUT2D eigenvalue weighted by Gasteiger charge is -2.17. The Morgan fingerprint density at radius 3 is 3.14 bits per heavy atom. The SMILES string of the molecule is CC[C@@H]1CNC[C@@H]1c1cnc2c(C(=O)O)nc3[nH]ccc3n12. The third-order valence-corrected chi connectivity index (χ3v) is 4.62. The topological polar surface area (TPSA) is 95.3 Å². The lowest BCUT2D eigenvalue weighted by molar-refractivity contribution is 0.0692. The van der Waals surface area contributed by atoms with Crippen LogP contribution >= 0.6 is 0 Å². The Labute approximate surface area is 126 Å². The van der Waals surface area contributed by atoms with Crippen LogP contribution in [0.4, 0.5) is 0 Å². The first-order chi connectivity index (χ1) is 10.7. The highest BCUT2D eigenvalue weighted by atomic mass is 16.4. The Morgan fingerprint density at radius 1 is 1.50 bits per heavy atom. The number of aromatic carboxylic acids is 1. The van der Waals surface area contributed by atoms with E-state index >= 15 is 0 Å². The first-order valence-electron chi connectivity index (χ1n) is 7.49. The number of fused-ring (bicyclic) bond motifs is 3. The summed E-state index contributed by atoms with van der Waals surface area (Å²) in [6.45, 7) is 4.06. The van der Waals surface area contributed by atoms with Gasteiger partial charge in [-0.15, -0.1) is 0 Å². The molecule has 114 valence electrons. The minimum absolute atomic E-state index is 0.0137. The summed E-state index contributed by atoms with van der Waals surface area (Å²) in [5, 5.41) is 12.8. The predicted molar refractivity (Wildman–Crippen MR) is 81.2 cm³/mol. The van der Waals surface area contributed by atoms with Crippen molar-refractivity contribution in [2.75, 3.05) is 13.1 Å². The van der Waals surface area contributed by atoms with E-state index in [1.54, 1.807) is 12.4 Å². The molecule has 7 nitrogen and oxygen atoms in total. The van der Waals surface area contributed by atoms with Crippen LogP contribution in [0.2, 0.25) is 0 Å². The summed E-state index contributed by atoms with van der Waals surface area (Å²) in [5.41, 5.74) is 2.90. The molecule has 0 saturated carbocycles. The van der Waals surface area contributed by atoms with E-state index in [0.717, 1.165) is 30.7 Å². The summed E-state index contributed by atoms with van der Waals surface area (Å²) in [6, 6.07) is 1.91. The molecule has 1 fully saturated rings. The van der Waals surface area contributed by atoms with Gasteiger partial charge in [-0.25, -0.2) is 14.8 Å². The van der Waals surface area contributed by atoms with Gasteiger partial charge < -0.3 is 15.4 Å². The zero-order valence-electron chi connectivity index (χ0n) is 12.2. The van der Waals surface area contributed by atoms with Crippen molar-refractivity contribution in [3.05, 3.63) is 29.8 Å². The molecule has 0 aliphatic carbocycles. The quantitative estimate of drug-likeness (QED) is 0.683. The van der Waals surface area contributed by atoms with Gasteiger partial charge in [0.15, 0.2) is 17.0 Å². The highest BCUT2D eigenvalue weighted by Crippen LogP contribution is 2.32. The number of aromatic amines is 1. The van der Waals surface area contributed by atoms with Crippen LogP contribution in [-0.2, 0) is 0 Å². The molecule has 0 bridgehead atoms. The van der Waals surface area contributed by atoms with E-state index in [9.17, 15) is 9.90 Å². The molecule has 0 aromatic carbocycles. The van der Waals surface area contributed by atoms with Crippen molar-refractivity contribution in [1.29, 1.82) is 0 Å². The van der Waals surface area contributed by atoms with Crippen LogP contribution in [0.5, 0.6) is 0 Å². The van der Waals surface area contributed by atoms with Crippen LogP contribution in [0.15, 0.2) is 18.5 Å². The second-order valence-electron chi connectivity index (χ2n) is 5.75. The molecule has 1 saturated heterocycles. The summed E-state index contributed by atoms with van der Waals surface area (Å²) in [7, 11) is 0.